The van der Waals surface area contributed by atoms with E-state index in [4.69, 9.17) is 15.7 Å². The zero-order chi connectivity index (χ0) is 44.3. The van der Waals surface area contributed by atoms with Gasteiger partial charge in [0.25, 0.3) is 0 Å². The van der Waals surface area contributed by atoms with Crippen LogP contribution in [0.2, 0.25) is 0 Å². The molecule has 0 aliphatic carbocycles. The first kappa shape index (κ1) is 40.9. The molecule has 0 bridgehead atoms. The van der Waals surface area contributed by atoms with Crippen LogP contribution in [0.3, 0.4) is 0 Å². The Morgan fingerprint density at radius 3 is 1.56 bits per heavy atom. The third kappa shape index (κ3) is 8.79. The largest absolute Gasteiger partial charge is 0.396 e. The van der Waals surface area contributed by atoms with E-state index in [-0.39, 0.29) is 12.1 Å². The number of halogens is 2. The topological polar surface area (TPSA) is 178 Å². The van der Waals surface area contributed by atoms with Gasteiger partial charge in [0.1, 0.15) is 17.5 Å². The van der Waals surface area contributed by atoms with Crippen molar-refractivity contribution >= 4 is 33.2 Å². The van der Waals surface area contributed by atoms with E-state index in [9.17, 15) is 18.9 Å². The molecule has 6 aromatic heterocycles. The van der Waals surface area contributed by atoms with E-state index in [0.717, 1.165) is 90.2 Å². The van der Waals surface area contributed by atoms with Crippen molar-refractivity contribution in [1.29, 1.82) is 0 Å². The third-order valence-corrected chi connectivity index (χ3v) is 10.6. The van der Waals surface area contributed by atoms with Crippen LogP contribution in [-0.2, 0) is 12.8 Å². The molecular weight excluding hydrogens is 811 g/mol. The first-order chi connectivity index (χ1) is 31.0. The summed E-state index contributed by atoms with van der Waals surface area (Å²) in [5, 5.41) is 13.1. The first-order valence-electron chi connectivity index (χ1n) is 20.3. The van der Waals surface area contributed by atoms with E-state index in [2.05, 4.69) is 36.0 Å². The maximum atomic E-state index is 13.8. The molecule has 10 rings (SSSR count). The number of benzene rings is 4. The van der Waals surface area contributed by atoms with Crippen LogP contribution < -0.4 is 5.73 Å². The van der Waals surface area contributed by atoms with Crippen LogP contribution in [0, 0.1) is 35.6 Å². The second kappa shape index (κ2) is 17.5. The quantitative estimate of drug-likeness (QED) is 0.0724. The lowest BCUT2D eigenvalue weighted by atomic mass is 10.1. The summed E-state index contributed by atoms with van der Waals surface area (Å²) in [5.74, 6) is 0.0673. The van der Waals surface area contributed by atoms with Crippen molar-refractivity contribution in [2.24, 2.45) is 0 Å². The summed E-state index contributed by atoms with van der Waals surface area (Å²) < 4.78 is 27.3. The van der Waals surface area contributed by atoms with Crippen LogP contribution in [-0.4, -0.2) is 44.8 Å². The second-order valence-corrected chi connectivity index (χ2v) is 15.2. The molecule has 4 aromatic carbocycles. The maximum absolute atomic E-state index is 13.8. The fraction of sp³-hybridized carbons (Fsp3) is 0.0800. The Hall–Kier alpha value is -8.52. The number of pyridine rings is 4. The number of nitrogens with one attached hydrogen (secondary N) is 2. The third-order valence-electron chi connectivity index (χ3n) is 10.6. The fourth-order valence-corrected chi connectivity index (χ4v) is 7.51. The van der Waals surface area contributed by atoms with Gasteiger partial charge in [-0.1, -0.05) is 48.5 Å². The highest BCUT2D eigenvalue weighted by Gasteiger charge is 2.20. The predicted octanol–water partition coefficient (Wildman–Crippen LogP) is 10.9. The number of aromatic nitrogens is 8. The Morgan fingerprint density at radius 1 is 0.578 bits per heavy atom. The smallest absolute Gasteiger partial charge is 0.305 e. The minimum Gasteiger partial charge on any atom is -0.396 e. The van der Waals surface area contributed by atoms with E-state index in [1.54, 1.807) is 24.5 Å². The normalized spacial score (nSPS) is 11.1. The Balaban J connectivity index is 0.000000162. The van der Waals surface area contributed by atoms with E-state index in [0.29, 0.717) is 23.5 Å². The van der Waals surface area contributed by atoms with Crippen molar-refractivity contribution in [2.45, 2.75) is 26.7 Å². The molecule has 0 aliphatic heterocycles. The highest BCUT2D eigenvalue weighted by molar-refractivity contribution is 5.88. The van der Waals surface area contributed by atoms with E-state index >= 15 is 0 Å². The molecule has 4 N–H and O–H groups in total. The summed E-state index contributed by atoms with van der Waals surface area (Å²) in [5.41, 5.74) is 16.9. The average molecular weight is 849 g/mol. The SMILES string of the molecule is Cc1cccc(-c2[nH]c(Cc3ccc(F)c(N)c3)nc2-c2ccc3ncccc3c2)n1.Cc1cccc(-c2[nH]c(Cc3ccc(F)c([N+](=O)[O-])c3)nc2-c2ccc3ncccc3c2)n1. The Kier molecular flexibility index (Phi) is 11.1. The lowest BCUT2D eigenvalue weighted by Gasteiger charge is -2.05. The zero-order valence-electron chi connectivity index (χ0n) is 34.6. The molecule has 64 heavy (non-hydrogen) atoms. The van der Waals surface area contributed by atoms with Gasteiger partial charge in [0.15, 0.2) is 0 Å². The number of hydrogen-bond acceptors (Lipinski definition) is 9. The number of fused-ring (bicyclic) bond motifs is 2. The Morgan fingerprint density at radius 2 is 1.08 bits per heavy atom. The highest BCUT2D eigenvalue weighted by Crippen LogP contribution is 2.34. The molecule has 0 aliphatic rings. The number of imidazole rings is 2. The number of H-pyrrole nitrogens is 2. The van der Waals surface area contributed by atoms with Crippen molar-refractivity contribution in [3.05, 3.63) is 202 Å². The van der Waals surface area contributed by atoms with Gasteiger partial charge in [0, 0.05) is 64.6 Å². The number of rotatable bonds is 9. The molecule has 0 unspecified atom stereocenters. The minimum atomic E-state index is -0.863. The van der Waals surface area contributed by atoms with E-state index < -0.39 is 22.2 Å². The summed E-state index contributed by atoms with van der Waals surface area (Å²) in [4.78, 5) is 45.0. The van der Waals surface area contributed by atoms with Gasteiger partial charge in [-0.25, -0.2) is 14.4 Å². The van der Waals surface area contributed by atoms with Gasteiger partial charge in [-0.05, 0) is 104 Å². The second-order valence-electron chi connectivity index (χ2n) is 15.2. The van der Waals surface area contributed by atoms with Crippen LogP contribution in [0.1, 0.15) is 34.2 Å². The van der Waals surface area contributed by atoms with Gasteiger partial charge in [0.2, 0.25) is 5.82 Å². The Bertz CT molecular complexity index is 3370. The van der Waals surface area contributed by atoms with Crippen LogP contribution in [0.4, 0.5) is 20.2 Å². The van der Waals surface area contributed by atoms with Gasteiger partial charge in [-0.15, -0.1) is 0 Å². The number of nitro groups is 1. The molecule has 14 heteroatoms. The molecule has 6 heterocycles. The number of nitrogens with zero attached hydrogens (tertiary/aromatic N) is 7. The molecule has 314 valence electrons. The fourth-order valence-electron chi connectivity index (χ4n) is 7.51. The number of nitrogen functional groups attached to an aromatic ring is 1. The van der Waals surface area contributed by atoms with Crippen molar-refractivity contribution in [3.8, 4) is 45.3 Å². The molecule has 12 nitrogen and oxygen atoms in total. The first-order valence-corrected chi connectivity index (χ1v) is 20.3. The number of aromatic amines is 2. The minimum absolute atomic E-state index is 0.131. The molecule has 0 fully saturated rings. The molecule has 0 amide bonds. The number of anilines is 1. The summed E-state index contributed by atoms with van der Waals surface area (Å²) in [6, 6.07) is 40.1. The molecule has 10 aromatic rings. The summed E-state index contributed by atoms with van der Waals surface area (Å²) in [6.07, 6.45) is 4.30. The lowest BCUT2D eigenvalue weighted by Crippen LogP contribution is -1.96. The van der Waals surface area contributed by atoms with Crippen molar-refractivity contribution in [3.63, 3.8) is 0 Å². The van der Waals surface area contributed by atoms with E-state index in [1.807, 2.05) is 105 Å². The molecule has 0 saturated carbocycles. The Labute approximate surface area is 365 Å². The molecule has 0 spiro atoms. The van der Waals surface area contributed by atoms with Gasteiger partial charge < -0.3 is 15.7 Å². The maximum Gasteiger partial charge on any atom is 0.305 e. The highest BCUT2D eigenvalue weighted by atomic mass is 19.1. The molecule has 0 saturated heterocycles. The zero-order valence-corrected chi connectivity index (χ0v) is 34.6. The summed E-state index contributed by atoms with van der Waals surface area (Å²) in [7, 11) is 0. The number of hydrogen-bond donors (Lipinski definition) is 3. The molecule has 0 atom stereocenters. The lowest BCUT2D eigenvalue weighted by molar-refractivity contribution is -0.387. The average Bonchev–Trinajstić information content (AvgIpc) is 3.93. The summed E-state index contributed by atoms with van der Waals surface area (Å²) >= 11 is 0. The predicted molar refractivity (Wildman–Crippen MR) is 244 cm³/mol. The number of aryl methyl sites for hydroxylation is 2. The van der Waals surface area contributed by atoms with Gasteiger partial charge in [-0.3, -0.25) is 30.1 Å². The van der Waals surface area contributed by atoms with Gasteiger partial charge >= 0.3 is 5.69 Å². The summed E-state index contributed by atoms with van der Waals surface area (Å²) in [6.45, 7) is 3.88. The number of nitrogens with two attached hydrogens (primary N) is 1. The monoisotopic (exact) mass is 848 g/mol. The van der Waals surface area contributed by atoms with Crippen molar-refractivity contribution in [1.82, 2.24) is 39.9 Å². The van der Waals surface area contributed by atoms with Crippen LogP contribution in [0.15, 0.2) is 146 Å². The number of nitro benzene ring substituents is 1. The standard InChI is InChI=1S/C25H18FN5O2.C25H20FN5/c1-15-4-2-6-21(28-15)25-24(18-8-10-20-17(14-18)5-3-11-27-20)29-23(30-25)13-16-7-9-19(26)22(12-16)31(32)33;1-15-4-2-6-22(29-15)25-24(18-8-10-21-17(14-18)5-3-11-28-21)30-23(31-25)13-16-7-9-19(26)20(27)12-16/h2-12,14H,13H2,1H3,(H,29,30);2-12,14H,13,27H2,1H3,(H,30,31). The van der Waals surface area contributed by atoms with Crippen LogP contribution in [0.5, 0.6) is 0 Å². The van der Waals surface area contributed by atoms with Crippen molar-refractivity contribution in [2.75, 3.05) is 5.73 Å². The molecule has 0 radical (unpaired) electrons. The van der Waals surface area contributed by atoms with E-state index in [1.165, 1.54) is 18.2 Å². The van der Waals surface area contributed by atoms with Crippen LogP contribution >= 0.6 is 0 Å². The van der Waals surface area contributed by atoms with Crippen molar-refractivity contribution < 1.29 is 13.7 Å². The molecular formula is C50H38F2N10O2. The van der Waals surface area contributed by atoms with Gasteiger partial charge in [-0.2, -0.15) is 4.39 Å². The van der Waals surface area contributed by atoms with Crippen LogP contribution in [0.25, 0.3) is 67.1 Å². The van der Waals surface area contributed by atoms with Gasteiger partial charge in [0.05, 0.1) is 55.8 Å².